The quantitative estimate of drug-likeness (QED) is 0.387. The first-order chi connectivity index (χ1) is 17.6. The van der Waals surface area contributed by atoms with Crippen LogP contribution in [-0.4, -0.2) is 37.7 Å². The van der Waals surface area contributed by atoms with Crippen LogP contribution in [0.3, 0.4) is 0 Å². The van der Waals surface area contributed by atoms with E-state index in [0.29, 0.717) is 47.7 Å². The molecular weight excluding hydrogens is 458 g/mol. The molecule has 0 saturated heterocycles. The molecule has 182 valence electrons. The monoisotopic (exact) mass is 483 g/mol. The molecule has 10 nitrogen and oxygen atoms in total. The predicted molar refractivity (Wildman–Crippen MR) is 134 cm³/mol. The van der Waals surface area contributed by atoms with Crippen LogP contribution in [0.4, 0.5) is 11.8 Å². The molecule has 2 aromatic carbocycles. The Labute approximate surface area is 208 Å². The topological polar surface area (TPSA) is 116 Å². The van der Waals surface area contributed by atoms with Crippen molar-refractivity contribution in [2.75, 3.05) is 17.2 Å². The van der Waals surface area contributed by atoms with Crippen LogP contribution in [0.1, 0.15) is 31.0 Å². The van der Waals surface area contributed by atoms with Crippen molar-refractivity contribution in [1.82, 2.24) is 25.2 Å². The number of hydrogen-bond donors (Lipinski definition) is 2. The van der Waals surface area contributed by atoms with Gasteiger partial charge in [-0.2, -0.15) is 4.68 Å². The lowest BCUT2D eigenvalue weighted by Gasteiger charge is -2.28. The lowest BCUT2D eigenvalue weighted by atomic mass is 9.94. The molecule has 3 heterocycles. The number of anilines is 2. The maximum absolute atomic E-state index is 13.4. The molecule has 10 heteroatoms. The molecule has 0 radical (unpaired) electrons. The number of tetrazole rings is 1. The molecule has 0 saturated carbocycles. The molecule has 0 spiro atoms. The van der Waals surface area contributed by atoms with Gasteiger partial charge in [-0.25, -0.2) is 4.98 Å². The minimum absolute atomic E-state index is 0.313. The van der Waals surface area contributed by atoms with Gasteiger partial charge in [0.2, 0.25) is 5.95 Å². The molecule has 1 amide bonds. The Hall–Kier alpha value is -4.73. The molecule has 0 fully saturated rings. The highest BCUT2D eigenvalue weighted by molar-refractivity contribution is 6.05. The van der Waals surface area contributed by atoms with Gasteiger partial charge in [0.15, 0.2) is 11.5 Å². The van der Waals surface area contributed by atoms with Gasteiger partial charge in [0, 0.05) is 11.9 Å². The second kappa shape index (κ2) is 10.3. The van der Waals surface area contributed by atoms with E-state index in [4.69, 9.17) is 9.47 Å². The number of fused-ring (bicyclic) bond motifs is 1. The number of rotatable bonds is 8. The van der Waals surface area contributed by atoms with Gasteiger partial charge >= 0.3 is 0 Å². The van der Waals surface area contributed by atoms with Gasteiger partial charge in [0.05, 0.1) is 12.2 Å². The van der Waals surface area contributed by atoms with Crippen LogP contribution in [-0.2, 0) is 11.4 Å². The van der Waals surface area contributed by atoms with Gasteiger partial charge in [-0.1, -0.05) is 47.6 Å². The summed E-state index contributed by atoms with van der Waals surface area (Å²) in [4.78, 5) is 17.7. The normalized spacial score (nSPS) is 14.6. The van der Waals surface area contributed by atoms with E-state index in [1.807, 2.05) is 68.4 Å². The lowest BCUT2D eigenvalue weighted by Crippen LogP contribution is -2.31. The van der Waals surface area contributed by atoms with Crippen LogP contribution in [0, 0.1) is 0 Å². The number of amides is 1. The maximum atomic E-state index is 13.4. The summed E-state index contributed by atoms with van der Waals surface area (Å²) < 4.78 is 13.6. The van der Waals surface area contributed by atoms with Crippen molar-refractivity contribution in [3.8, 4) is 11.5 Å². The third-order valence-electron chi connectivity index (χ3n) is 5.69. The average molecular weight is 484 g/mol. The molecule has 2 N–H and O–H groups in total. The third-order valence-corrected chi connectivity index (χ3v) is 5.69. The lowest BCUT2D eigenvalue weighted by molar-refractivity contribution is -0.113. The van der Waals surface area contributed by atoms with Crippen molar-refractivity contribution in [3.05, 3.63) is 95.3 Å². The highest BCUT2D eigenvalue weighted by Crippen LogP contribution is 2.39. The van der Waals surface area contributed by atoms with Gasteiger partial charge in [-0.15, -0.1) is 0 Å². The van der Waals surface area contributed by atoms with Crippen LogP contribution >= 0.6 is 0 Å². The van der Waals surface area contributed by atoms with Gasteiger partial charge in [-0.3, -0.25) is 4.79 Å². The fourth-order valence-electron chi connectivity index (χ4n) is 4.05. The number of pyridine rings is 1. The highest BCUT2D eigenvalue weighted by atomic mass is 16.5. The Kier molecular flexibility index (Phi) is 6.57. The number of allylic oxidation sites excluding steroid dienone is 1. The van der Waals surface area contributed by atoms with E-state index in [0.717, 1.165) is 11.1 Å². The highest BCUT2D eigenvalue weighted by Gasteiger charge is 2.34. The Morgan fingerprint density at radius 3 is 2.67 bits per heavy atom. The largest absolute Gasteiger partial charge is 0.490 e. The average Bonchev–Trinajstić information content (AvgIpc) is 3.36. The molecule has 36 heavy (non-hydrogen) atoms. The molecule has 0 bridgehead atoms. The molecule has 5 rings (SSSR count). The first-order valence-corrected chi connectivity index (χ1v) is 11.6. The maximum Gasteiger partial charge on any atom is 0.257 e. The van der Waals surface area contributed by atoms with E-state index < -0.39 is 6.04 Å². The number of carbonyl (C=O) groups excluding carboxylic acids is 1. The van der Waals surface area contributed by atoms with Crippen molar-refractivity contribution in [1.29, 1.82) is 0 Å². The Bertz CT molecular complexity index is 1390. The third kappa shape index (κ3) is 4.74. The number of carbonyl (C=O) groups is 1. The minimum Gasteiger partial charge on any atom is -0.490 e. The number of ether oxygens (including phenoxy) is 2. The van der Waals surface area contributed by atoms with Crippen molar-refractivity contribution < 1.29 is 14.3 Å². The Morgan fingerprint density at radius 2 is 1.89 bits per heavy atom. The number of nitrogens with one attached hydrogen (secondary N) is 2. The second-order valence-corrected chi connectivity index (χ2v) is 8.10. The summed E-state index contributed by atoms with van der Waals surface area (Å²) in [5, 5.41) is 18.0. The van der Waals surface area contributed by atoms with Crippen molar-refractivity contribution >= 4 is 17.7 Å². The first kappa shape index (κ1) is 23.0. The van der Waals surface area contributed by atoms with E-state index >= 15 is 0 Å². The van der Waals surface area contributed by atoms with Crippen molar-refractivity contribution in [2.24, 2.45) is 0 Å². The van der Waals surface area contributed by atoms with Crippen LogP contribution < -0.4 is 20.1 Å². The van der Waals surface area contributed by atoms with Gasteiger partial charge < -0.3 is 20.1 Å². The van der Waals surface area contributed by atoms with E-state index in [-0.39, 0.29) is 5.91 Å². The van der Waals surface area contributed by atoms with Gasteiger partial charge in [0.25, 0.3) is 5.91 Å². The van der Waals surface area contributed by atoms with Crippen molar-refractivity contribution in [3.63, 3.8) is 0 Å². The minimum atomic E-state index is -0.595. The first-order valence-electron chi connectivity index (χ1n) is 11.6. The summed E-state index contributed by atoms with van der Waals surface area (Å²) in [5.41, 5.74) is 2.91. The number of nitrogens with zero attached hydrogens (tertiary/aromatic N) is 5. The van der Waals surface area contributed by atoms with E-state index in [9.17, 15) is 4.79 Å². The van der Waals surface area contributed by atoms with E-state index in [2.05, 4.69) is 31.1 Å². The number of hydrogen-bond acceptors (Lipinski definition) is 8. The summed E-state index contributed by atoms with van der Waals surface area (Å²) in [6, 6.07) is 20.3. The zero-order chi connectivity index (χ0) is 24.9. The Balaban J connectivity index is 1.50. The molecule has 1 aliphatic heterocycles. The molecule has 0 aliphatic carbocycles. The van der Waals surface area contributed by atoms with Crippen LogP contribution in [0.2, 0.25) is 0 Å². The summed E-state index contributed by atoms with van der Waals surface area (Å²) >= 11 is 0. The summed E-state index contributed by atoms with van der Waals surface area (Å²) in [7, 11) is 0. The number of aromatic nitrogens is 5. The molecule has 1 unspecified atom stereocenters. The molecular formula is C26H25N7O3. The fraction of sp³-hybridized carbons (Fsp3) is 0.192. The van der Waals surface area contributed by atoms with E-state index in [1.54, 1.807) is 23.0 Å². The SMILES string of the molecule is CCOc1cc(C2C(C(=O)Nc3ccccn3)=C(C)Nc3nnnn32)ccc1OCc1ccccc1. The van der Waals surface area contributed by atoms with Gasteiger partial charge in [0.1, 0.15) is 18.5 Å². The predicted octanol–water partition coefficient (Wildman–Crippen LogP) is 3.97. The molecule has 2 aromatic heterocycles. The van der Waals surface area contributed by atoms with Crippen LogP contribution in [0.15, 0.2) is 84.2 Å². The summed E-state index contributed by atoms with van der Waals surface area (Å²) in [6.45, 7) is 4.59. The van der Waals surface area contributed by atoms with Crippen LogP contribution in [0.5, 0.6) is 11.5 Å². The molecule has 1 atom stereocenters. The number of benzene rings is 2. The molecule has 1 aliphatic rings. The zero-order valence-corrected chi connectivity index (χ0v) is 19.9. The Morgan fingerprint density at radius 1 is 1.06 bits per heavy atom. The van der Waals surface area contributed by atoms with Crippen molar-refractivity contribution in [2.45, 2.75) is 26.5 Å². The fourth-order valence-corrected chi connectivity index (χ4v) is 4.05. The second-order valence-electron chi connectivity index (χ2n) is 8.10. The summed E-state index contributed by atoms with van der Waals surface area (Å²) in [5.74, 6) is 1.75. The standard InChI is InChI=1S/C26H25N7O3/c1-3-35-21-15-19(12-13-20(21)36-16-18-9-5-4-6-10-18)24-23(17(2)28-26-30-31-32-33(24)26)25(34)29-22-11-7-8-14-27-22/h4-15,24H,3,16H2,1-2H3,(H,27,29,34)(H,28,30,32). The van der Waals surface area contributed by atoms with Crippen LogP contribution in [0.25, 0.3) is 0 Å². The zero-order valence-electron chi connectivity index (χ0n) is 19.9. The smallest absolute Gasteiger partial charge is 0.257 e. The summed E-state index contributed by atoms with van der Waals surface area (Å²) in [6.07, 6.45) is 1.62. The van der Waals surface area contributed by atoms with E-state index in [1.165, 1.54) is 0 Å². The van der Waals surface area contributed by atoms with Gasteiger partial charge in [-0.05, 0) is 59.7 Å². The molecule has 4 aromatic rings.